The maximum atomic E-state index is 11.2. The average Bonchev–Trinajstić information content (AvgIpc) is 2.82. The van der Waals surface area contributed by atoms with Crippen LogP contribution in [0.2, 0.25) is 0 Å². The van der Waals surface area contributed by atoms with Crippen LogP contribution in [0.4, 0.5) is 0 Å². The van der Waals surface area contributed by atoms with Crippen LogP contribution in [0, 0.1) is 6.92 Å². The van der Waals surface area contributed by atoms with Gasteiger partial charge in [-0.1, -0.05) is 35.9 Å². The number of carboxylic acids is 1. The highest BCUT2D eigenvalue weighted by Crippen LogP contribution is 2.23. The van der Waals surface area contributed by atoms with E-state index in [1.165, 1.54) is 5.56 Å². The zero-order valence-corrected chi connectivity index (χ0v) is 10.3. The van der Waals surface area contributed by atoms with Crippen LogP contribution < -0.4 is 0 Å². The summed E-state index contributed by atoms with van der Waals surface area (Å²) in [5.41, 5.74) is 3.55. The highest BCUT2D eigenvalue weighted by atomic mass is 16.4. The number of carbonyl (C=O) groups is 1. The van der Waals surface area contributed by atoms with Crippen LogP contribution in [0.3, 0.4) is 0 Å². The number of nitrogens with one attached hydrogen (secondary N) is 1. The molecule has 0 bridgehead atoms. The first-order valence-electron chi connectivity index (χ1n) is 5.94. The van der Waals surface area contributed by atoms with Crippen LogP contribution in [-0.4, -0.2) is 21.0 Å². The van der Waals surface area contributed by atoms with Gasteiger partial charge in [-0.25, -0.2) is 9.78 Å². The maximum absolute atomic E-state index is 11.2. The van der Waals surface area contributed by atoms with Crippen LogP contribution in [0.25, 0.3) is 22.4 Å². The molecule has 2 N–H and O–H groups in total. The van der Waals surface area contributed by atoms with E-state index in [1.54, 1.807) is 12.1 Å². The largest absolute Gasteiger partial charge is 0.478 e. The van der Waals surface area contributed by atoms with E-state index < -0.39 is 5.97 Å². The molecule has 4 heteroatoms. The van der Waals surface area contributed by atoms with Gasteiger partial charge in [-0.05, 0) is 19.1 Å². The van der Waals surface area contributed by atoms with Crippen molar-refractivity contribution >= 4 is 17.0 Å². The van der Waals surface area contributed by atoms with Crippen LogP contribution in [0.15, 0.2) is 42.5 Å². The van der Waals surface area contributed by atoms with E-state index in [4.69, 9.17) is 5.11 Å². The molecule has 0 aliphatic carbocycles. The van der Waals surface area contributed by atoms with E-state index in [0.717, 1.165) is 11.1 Å². The van der Waals surface area contributed by atoms with Gasteiger partial charge in [-0.2, -0.15) is 0 Å². The summed E-state index contributed by atoms with van der Waals surface area (Å²) < 4.78 is 0. The Morgan fingerprint density at radius 2 is 1.89 bits per heavy atom. The molecule has 2 aromatic carbocycles. The second kappa shape index (κ2) is 4.24. The second-order valence-electron chi connectivity index (χ2n) is 4.46. The van der Waals surface area contributed by atoms with Gasteiger partial charge in [-0.15, -0.1) is 0 Å². The highest BCUT2D eigenvalue weighted by molar-refractivity contribution is 6.01. The summed E-state index contributed by atoms with van der Waals surface area (Å²) in [6, 6.07) is 13.0. The molecule has 0 atom stereocenters. The van der Waals surface area contributed by atoms with Gasteiger partial charge in [0.25, 0.3) is 0 Å². The van der Waals surface area contributed by atoms with E-state index >= 15 is 0 Å². The lowest BCUT2D eigenvalue weighted by atomic mass is 10.1. The lowest BCUT2D eigenvalue weighted by Gasteiger charge is -1.96. The second-order valence-corrected chi connectivity index (χ2v) is 4.46. The number of benzene rings is 2. The van der Waals surface area contributed by atoms with E-state index in [9.17, 15) is 4.79 Å². The van der Waals surface area contributed by atoms with Crippen LogP contribution >= 0.6 is 0 Å². The minimum atomic E-state index is -0.965. The van der Waals surface area contributed by atoms with Crippen LogP contribution in [0.5, 0.6) is 0 Å². The first kappa shape index (κ1) is 11.5. The van der Waals surface area contributed by atoms with Crippen molar-refractivity contribution in [3.63, 3.8) is 0 Å². The molecule has 0 fully saturated rings. The third kappa shape index (κ3) is 1.97. The predicted molar refractivity (Wildman–Crippen MR) is 73.2 cm³/mol. The van der Waals surface area contributed by atoms with Crippen molar-refractivity contribution < 1.29 is 9.90 Å². The molecule has 0 aliphatic heterocycles. The van der Waals surface area contributed by atoms with Gasteiger partial charge in [-0.3, -0.25) is 0 Å². The zero-order valence-electron chi connectivity index (χ0n) is 10.3. The fourth-order valence-corrected chi connectivity index (χ4v) is 2.05. The number of hydrogen-bond donors (Lipinski definition) is 2. The number of carboxylic acid groups (broad SMARTS) is 1. The normalized spacial score (nSPS) is 10.8. The van der Waals surface area contributed by atoms with Gasteiger partial charge >= 0.3 is 5.97 Å². The Labute approximate surface area is 109 Å². The van der Waals surface area contributed by atoms with Gasteiger partial charge in [0.2, 0.25) is 0 Å². The molecular weight excluding hydrogens is 240 g/mol. The summed E-state index contributed by atoms with van der Waals surface area (Å²) in [5, 5.41) is 9.15. The van der Waals surface area contributed by atoms with Gasteiger partial charge in [0.05, 0.1) is 11.1 Å². The first-order valence-corrected chi connectivity index (χ1v) is 5.94. The minimum absolute atomic E-state index is 0.215. The number of H-pyrrole nitrogens is 1. The number of aromatic amines is 1. The zero-order chi connectivity index (χ0) is 13.4. The number of imidazole rings is 1. The standard InChI is InChI=1S/C15H12N2O2/c1-9-5-7-10(8-6-9)14-16-12-4-2-3-11(15(18)19)13(12)17-14/h2-8H,1H3,(H,16,17)(H,18,19). The number of fused-ring (bicyclic) bond motifs is 1. The quantitative estimate of drug-likeness (QED) is 0.735. The Morgan fingerprint density at radius 3 is 2.58 bits per heavy atom. The van der Waals surface area contributed by atoms with E-state index in [0.29, 0.717) is 11.3 Å². The fraction of sp³-hybridized carbons (Fsp3) is 0.0667. The molecule has 19 heavy (non-hydrogen) atoms. The van der Waals surface area contributed by atoms with Crippen LogP contribution in [0.1, 0.15) is 15.9 Å². The number of hydrogen-bond acceptors (Lipinski definition) is 2. The molecule has 94 valence electrons. The molecule has 1 aromatic heterocycles. The Bertz CT molecular complexity index is 757. The van der Waals surface area contributed by atoms with E-state index in [1.807, 2.05) is 37.3 Å². The van der Waals surface area contributed by atoms with Gasteiger partial charge in [0.15, 0.2) is 0 Å². The number of aromatic carboxylic acids is 1. The number of nitrogens with zero attached hydrogens (tertiary/aromatic N) is 1. The molecule has 4 nitrogen and oxygen atoms in total. The first-order chi connectivity index (χ1) is 9.15. The molecule has 0 aliphatic rings. The fourth-order valence-electron chi connectivity index (χ4n) is 2.05. The van der Waals surface area contributed by atoms with Crippen LogP contribution in [-0.2, 0) is 0 Å². The van der Waals surface area contributed by atoms with Crippen molar-refractivity contribution in [1.29, 1.82) is 0 Å². The van der Waals surface area contributed by atoms with Crippen molar-refractivity contribution in [2.24, 2.45) is 0 Å². The topological polar surface area (TPSA) is 66.0 Å². The summed E-state index contributed by atoms with van der Waals surface area (Å²) in [4.78, 5) is 18.7. The van der Waals surface area contributed by atoms with Crippen molar-refractivity contribution in [1.82, 2.24) is 9.97 Å². The Kier molecular flexibility index (Phi) is 2.56. The van der Waals surface area contributed by atoms with Crippen molar-refractivity contribution in [3.8, 4) is 11.4 Å². The monoisotopic (exact) mass is 252 g/mol. The summed E-state index contributed by atoms with van der Waals surface area (Å²) >= 11 is 0. The SMILES string of the molecule is Cc1ccc(-c2nc3c(C(=O)O)cccc3[nH]2)cc1. The molecule has 1 heterocycles. The molecule has 0 saturated carbocycles. The van der Waals surface area contributed by atoms with Crippen molar-refractivity contribution in [3.05, 3.63) is 53.6 Å². The number of para-hydroxylation sites is 1. The van der Waals surface area contributed by atoms with Crippen molar-refractivity contribution in [2.75, 3.05) is 0 Å². The van der Waals surface area contributed by atoms with Gasteiger partial charge in [0, 0.05) is 5.56 Å². The minimum Gasteiger partial charge on any atom is -0.478 e. The Balaban J connectivity index is 2.19. The molecule has 3 rings (SSSR count). The molecule has 0 amide bonds. The Hall–Kier alpha value is -2.62. The summed E-state index contributed by atoms with van der Waals surface area (Å²) in [6.07, 6.45) is 0. The molecule has 0 unspecified atom stereocenters. The van der Waals surface area contributed by atoms with Crippen molar-refractivity contribution in [2.45, 2.75) is 6.92 Å². The molecular formula is C15H12N2O2. The van der Waals surface area contributed by atoms with E-state index in [2.05, 4.69) is 9.97 Å². The molecule has 0 spiro atoms. The smallest absolute Gasteiger partial charge is 0.337 e. The predicted octanol–water partition coefficient (Wildman–Crippen LogP) is 3.24. The third-order valence-corrected chi connectivity index (χ3v) is 3.07. The number of rotatable bonds is 2. The highest BCUT2D eigenvalue weighted by Gasteiger charge is 2.12. The summed E-state index contributed by atoms with van der Waals surface area (Å²) in [6.45, 7) is 2.02. The lowest BCUT2D eigenvalue weighted by Crippen LogP contribution is -1.96. The average molecular weight is 252 g/mol. The summed E-state index contributed by atoms with van der Waals surface area (Å²) in [5.74, 6) is -0.281. The van der Waals surface area contributed by atoms with E-state index in [-0.39, 0.29) is 5.56 Å². The molecule has 0 radical (unpaired) electrons. The van der Waals surface area contributed by atoms with Gasteiger partial charge in [0.1, 0.15) is 11.3 Å². The van der Waals surface area contributed by atoms with Gasteiger partial charge < -0.3 is 10.1 Å². The molecule has 3 aromatic rings. The Morgan fingerprint density at radius 1 is 1.16 bits per heavy atom. The maximum Gasteiger partial charge on any atom is 0.337 e. The third-order valence-electron chi connectivity index (χ3n) is 3.07. The number of aryl methyl sites for hydroxylation is 1. The summed E-state index contributed by atoms with van der Waals surface area (Å²) in [7, 11) is 0. The lowest BCUT2D eigenvalue weighted by molar-refractivity contribution is 0.0699. The molecule has 0 saturated heterocycles. The number of aromatic nitrogens is 2.